The Hall–Kier alpha value is -2.41. The number of hydrogen-bond acceptors (Lipinski definition) is 4. The van der Waals surface area contributed by atoms with Crippen LogP contribution in [0.3, 0.4) is 0 Å². The molecule has 8 heteroatoms. The van der Waals surface area contributed by atoms with E-state index in [1.54, 1.807) is 6.07 Å². The lowest BCUT2D eigenvalue weighted by atomic mass is 9.51. The summed E-state index contributed by atoms with van der Waals surface area (Å²) < 4.78 is 0. The molecule has 3 fully saturated rings. The number of carbonyl (C=O) groups excluding carboxylic acids is 3. The van der Waals surface area contributed by atoms with Gasteiger partial charge >= 0.3 is 0 Å². The van der Waals surface area contributed by atoms with E-state index in [9.17, 15) is 19.5 Å². The summed E-state index contributed by atoms with van der Waals surface area (Å²) in [6, 6.07) is 11.2. The molecule has 230 valence electrons. The van der Waals surface area contributed by atoms with E-state index in [1.165, 1.54) is 6.92 Å². The van der Waals surface area contributed by atoms with Gasteiger partial charge in [0.25, 0.3) is 0 Å². The van der Waals surface area contributed by atoms with Crippen molar-refractivity contribution in [3.63, 3.8) is 0 Å². The van der Waals surface area contributed by atoms with Crippen LogP contribution >= 0.6 is 23.2 Å². The second-order valence-corrected chi connectivity index (χ2v) is 15.4. The Kier molecular flexibility index (Phi) is 7.96. The summed E-state index contributed by atoms with van der Waals surface area (Å²) in [6.45, 7) is 6.03. The van der Waals surface area contributed by atoms with Crippen LogP contribution in [0.25, 0.3) is 0 Å². The average molecular weight is 626 g/mol. The predicted octanol–water partition coefficient (Wildman–Crippen LogP) is 8.04. The number of amides is 2. The number of nitrogens with one attached hydrogen (secondary N) is 2. The third kappa shape index (κ3) is 5.32. The molecule has 1 aliphatic heterocycles. The number of halogens is 2. The van der Waals surface area contributed by atoms with Gasteiger partial charge in [0.05, 0.1) is 11.5 Å². The van der Waals surface area contributed by atoms with Crippen LogP contribution in [0.15, 0.2) is 36.4 Å². The van der Waals surface area contributed by atoms with E-state index in [1.807, 2.05) is 30.3 Å². The summed E-state index contributed by atoms with van der Waals surface area (Å²) in [5, 5.41) is 17.2. The predicted molar refractivity (Wildman–Crippen MR) is 171 cm³/mol. The van der Waals surface area contributed by atoms with E-state index >= 15 is 0 Å². The van der Waals surface area contributed by atoms with Crippen LogP contribution in [0.1, 0.15) is 102 Å². The van der Waals surface area contributed by atoms with Gasteiger partial charge in [0.2, 0.25) is 11.8 Å². The molecule has 0 bridgehead atoms. The highest BCUT2D eigenvalue weighted by molar-refractivity contribution is 6.31. The fourth-order valence-electron chi connectivity index (χ4n) is 9.11. The van der Waals surface area contributed by atoms with Crippen LogP contribution in [0.5, 0.6) is 0 Å². The number of benzene rings is 2. The monoisotopic (exact) mass is 624 g/mol. The van der Waals surface area contributed by atoms with Crippen molar-refractivity contribution < 1.29 is 19.5 Å². The van der Waals surface area contributed by atoms with Gasteiger partial charge in [-0.1, -0.05) is 43.1 Å². The zero-order chi connectivity index (χ0) is 30.7. The van der Waals surface area contributed by atoms with Crippen molar-refractivity contribution in [1.29, 1.82) is 0 Å². The lowest BCUT2D eigenvalue weighted by Gasteiger charge is -2.51. The summed E-state index contributed by atoms with van der Waals surface area (Å²) in [5.74, 6) is -0.748. The highest BCUT2D eigenvalue weighted by Crippen LogP contribution is 2.72. The van der Waals surface area contributed by atoms with Crippen LogP contribution < -0.4 is 10.6 Å². The molecule has 3 atom stereocenters. The lowest BCUT2D eigenvalue weighted by Crippen LogP contribution is -2.52. The molecule has 0 unspecified atom stereocenters. The van der Waals surface area contributed by atoms with Crippen molar-refractivity contribution in [2.75, 3.05) is 10.6 Å². The van der Waals surface area contributed by atoms with Gasteiger partial charge in [0, 0.05) is 46.6 Å². The van der Waals surface area contributed by atoms with Gasteiger partial charge in [-0.2, -0.15) is 0 Å². The minimum atomic E-state index is -0.995. The molecule has 43 heavy (non-hydrogen) atoms. The average Bonchev–Trinajstić information content (AvgIpc) is 3.39. The summed E-state index contributed by atoms with van der Waals surface area (Å²) in [5.41, 5.74) is 1.69. The standard InChI is InChI=1S/C35H42Cl2N2O4/c1-20(40)38-25-16-22(15-24(37)17-25)31-27(30(42)14-21-4-7-26(41)8-5-21)19-34(12-10-33(2,3)11-13-34)35(31)28-9-6-23(36)18-29(28)39-32(35)43/h6,9,15-18,21,26-27,31,41H,4-5,7-8,10-14,19H2,1-3H3,(H,38,40)(H,39,43)/t21?,26?,27-,31-,35+/m0/s1. The number of anilines is 2. The Morgan fingerprint density at radius 2 is 1.67 bits per heavy atom. The van der Waals surface area contributed by atoms with Crippen molar-refractivity contribution in [1.82, 2.24) is 0 Å². The summed E-state index contributed by atoms with van der Waals surface area (Å²) in [6.07, 6.45) is 7.50. The fraction of sp³-hybridized carbons (Fsp3) is 0.571. The Morgan fingerprint density at radius 1 is 0.977 bits per heavy atom. The third-order valence-electron chi connectivity index (χ3n) is 11.2. The first-order valence-electron chi connectivity index (χ1n) is 15.7. The molecule has 3 N–H and O–H groups in total. The van der Waals surface area contributed by atoms with Gasteiger partial charge in [0.15, 0.2) is 0 Å². The number of hydrogen-bond donors (Lipinski definition) is 3. The van der Waals surface area contributed by atoms with Crippen molar-refractivity contribution in [3.8, 4) is 0 Å². The molecule has 1 heterocycles. The molecular weight excluding hydrogens is 583 g/mol. The van der Waals surface area contributed by atoms with Crippen molar-refractivity contribution in [2.24, 2.45) is 22.7 Å². The molecular formula is C35H42Cl2N2O4. The number of rotatable bonds is 5. The Bertz CT molecular complexity index is 1450. The van der Waals surface area contributed by atoms with Crippen molar-refractivity contribution >= 4 is 52.2 Å². The highest BCUT2D eigenvalue weighted by atomic mass is 35.5. The number of carbonyl (C=O) groups is 3. The molecule has 2 aromatic carbocycles. The first-order valence-corrected chi connectivity index (χ1v) is 16.5. The number of Topliss-reactive ketones (excluding diaryl/α,β-unsaturated/α-hetero) is 1. The van der Waals surface area contributed by atoms with Crippen LogP contribution in [0.4, 0.5) is 11.4 Å². The molecule has 3 saturated carbocycles. The Labute approximate surface area is 264 Å². The topological polar surface area (TPSA) is 95.5 Å². The molecule has 6 rings (SSSR count). The minimum Gasteiger partial charge on any atom is -0.393 e. The molecule has 2 aromatic rings. The Morgan fingerprint density at radius 3 is 2.35 bits per heavy atom. The molecule has 6 nitrogen and oxygen atoms in total. The van der Waals surface area contributed by atoms with Gasteiger partial charge in [-0.25, -0.2) is 0 Å². The molecule has 2 amide bonds. The molecule has 3 aliphatic carbocycles. The van der Waals surface area contributed by atoms with E-state index < -0.39 is 22.7 Å². The van der Waals surface area contributed by atoms with E-state index in [-0.39, 0.29) is 35.0 Å². The van der Waals surface area contributed by atoms with E-state index in [0.717, 1.165) is 62.5 Å². The second kappa shape index (κ2) is 11.2. The number of aliphatic hydroxyl groups is 1. The first kappa shape index (κ1) is 30.6. The quantitative estimate of drug-likeness (QED) is 0.314. The number of aliphatic hydroxyl groups excluding tert-OH is 1. The van der Waals surface area contributed by atoms with Gasteiger partial charge < -0.3 is 15.7 Å². The Balaban J connectivity index is 1.54. The lowest BCUT2D eigenvalue weighted by molar-refractivity contribution is -0.127. The van der Waals surface area contributed by atoms with Crippen LogP contribution in [-0.4, -0.2) is 28.8 Å². The first-order chi connectivity index (χ1) is 20.3. The maximum Gasteiger partial charge on any atom is 0.236 e. The third-order valence-corrected chi connectivity index (χ3v) is 11.7. The zero-order valence-electron chi connectivity index (χ0n) is 25.3. The largest absolute Gasteiger partial charge is 0.393 e. The van der Waals surface area contributed by atoms with E-state index in [0.29, 0.717) is 34.3 Å². The van der Waals surface area contributed by atoms with Crippen molar-refractivity contribution in [3.05, 3.63) is 57.6 Å². The van der Waals surface area contributed by atoms with Gasteiger partial charge in [-0.3, -0.25) is 14.4 Å². The zero-order valence-corrected chi connectivity index (χ0v) is 26.8. The molecule has 0 aromatic heterocycles. The highest BCUT2D eigenvalue weighted by Gasteiger charge is 2.72. The minimum absolute atomic E-state index is 0.0772. The molecule has 2 spiro atoms. The van der Waals surface area contributed by atoms with Crippen LogP contribution in [0.2, 0.25) is 10.0 Å². The summed E-state index contributed by atoms with van der Waals surface area (Å²) >= 11 is 13.1. The second-order valence-electron chi connectivity index (χ2n) is 14.5. The van der Waals surface area contributed by atoms with Gasteiger partial charge in [-0.05, 0) is 116 Å². The van der Waals surface area contributed by atoms with E-state index in [4.69, 9.17) is 23.2 Å². The van der Waals surface area contributed by atoms with Gasteiger partial charge in [-0.15, -0.1) is 0 Å². The number of ketones is 1. The van der Waals surface area contributed by atoms with Crippen molar-refractivity contribution in [2.45, 2.75) is 102 Å². The maximum absolute atomic E-state index is 14.7. The summed E-state index contributed by atoms with van der Waals surface area (Å²) in [7, 11) is 0. The normalized spacial score (nSPS) is 30.7. The smallest absolute Gasteiger partial charge is 0.236 e. The fourth-order valence-corrected chi connectivity index (χ4v) is 9.53. The SMILES string of the molecule is CC(=O)Nc1cc(Cl)cc([C@H]2[C@H](C(=O)CC3CCC(O)CC3)CC3(CCC(C)(C)CC3)[C@@]23C(=O)Nc2cc(Cl)ccc23)c1. The number of fused-ring (bicyclic) bond motifs is 3. The molecule has 0 saturated heterocycles. The maximum atomic E-state index is 14.7. The van der Waals surface area contributed by atoms with Gasteiger partial charge in [0.1, 0.15) is 5.78 Å². The van der Waals surface area contributed by atoms with E-state index in [2.05, 4.69) is 24.5 Å². The van der Waals surface area contributed by atoms with Crippen LogP contribution in [-0.2, 0) is 19.8 Å². The summed E-state index contributed by atoms with van der Waals surface area (Å²) in [4.78, 5) is 41.4. The molecule has 4 aliphatic rings. The van der Waals surface area contributed by atoms with Crippen LogP contribution in [0, 0.1) is 22.7 Å². The molecule has 0 radical (unpaired) electrons.